The Balaban J connectivity index is 2.62. The monoisotopic (exact) mass is 190 g/mol. The van der Waals surface area contributed by atoms with E-state index in [4.69, 9.17) is 5.26 Å². The molecule has 0 saturated carbocycles. The minimum Gasteiger partial charge on any atom is -0.373 e. The van der Waals surface area contributed by atoms with Crippen LogP contribution in [-0.4, -0.2) is 6.04 Å². The number of nitrogens with zero attached hydrogens (tertiary/aromatic N) is 1. The molecular formula is C12H18N2. The number of hydrogen-bond donors (Lipinski definition) is 1. The van der Waals surface area contributed by atoms with Crippen molar-refractivity contribution in [1.29, 1.82) is 5.26 Å². The standard InChI is InChI=1S/C12H18N2/c1-4-12(3)7-5-6-11(8-12)14-10(2)9-13/h5-7,10,14H,4,8H2,1-3H3. The van der Waals surface area contributed by atoms with Gasteiger partial charge < -0.3 is 5.32 Å². The third-order valence-corrected chi connectivity index (χ3v) is 2.79. The Hall–Kier alpha value is -1.23. The second-order valence-electron chi connectivity index (χ2n) is 4.23. The lowest BCUT2D eigenvalue weighted by atomic mass is 9.80. The van der Waals surface area contributed by atoms with Gasteiger partial charge in [0, 0.05) is 5.70 Å². The van der Waals surface area contributed by atoms with Gasteiger partial charge in [0.05, 0.1) is 6.07 Å². The van der Waals surface area contributed by atoms with Crippen molar-refractivity contribution in [3.63, 3.8) is 0 Å². The molecule has 0 aromatic carbocycles. The van der Waals surface area contributed by atoms with Crippen molar-refractivity contribution in [2.45, 2.75) is 39.7 Å². The number of hydrogen-bond acceptors (Lipinski definition) is 2. The lowest BCUT2D eigenvalue weighted by Gasteiger charge is -2.29. The first-order valence-corrected chi connectivity index (χ1v) is 5.14. The molecule has 14 heavy (non-hydrogen) atoms. The summed E-state index contributed by atoms with van der Waals surface area (Å²) in [5.74, 6) is 0. The average Bonchev–Trinajstić information content (AvgIpc) is 2.18. The zero-order chi connectivity index (χ0) is 10.6. The SMILES string of the molecule is CCC1(C)C=CC=C(NC(C)C#N)C1. The van der Waals surface area contributed by atoms with Gasteiger partial charge in [-0.25, -0.2) is 0 Å². The Labute approximate surface area is 86.3 Å². The number of rotatable bonds is 3. The van der Waals surface area contributed by atoms with E-state index in [1.807, 2.05) is 6.92 Å². The Morgan fingerprint density at radius 1 is 1.71 bits per heavy atom. The highest BCUT2D eigenvalue weighted by Gasteiger charge is 2.22. The molecule has 0 amide bonds. The molecule has 2 unspecified atom stereocenters. The van der Waals surface area contributed by atoms with Gasteiger partial charge in [-0.3, -0.25) is 0 Å². The second kappa shape index (κ2) is 4.32. The van der Waals surface area contributed by atoms with Crippen molar-refractivity contribution in [2.24, 2.45) is 5.41 Å². The number of allylic oxidation sites excluding steroid dienone is 4. The van der Waals surface area contributed by atoms with E-state index < -0.39 is 0 Å². The van der Waals surface area contributed by atoms with Crippen LogP contribution in [0.4, 0.5) is 0 Å². The van der Waals surface area contributed by atoms with Gasteiger partial charge in [-0.15, -0.1) is 0 Å². The van der Waals surface area contributed by atoms with Crippen LogP contribution in [-0.2, 0) is 0 Å². The van der Waals surface area contributed by atoms with Gasteiger partial charge in [0.15, 0.2) is 0 Å². The van der Waals surface area contributed by atoms with E-state index >= 15 is 0 Å². The van der Waals surface area contributed by atoms with Crippen molar-refractivity contribution in [3.05, 3.63) is 23.9 Å². The van der Waals surface area contributed by atoms with Crippen LogP contribution in [0.5, 0.6) is 0 Å². The van der Waals surface area contributed by atoms with Crippen LogP contribution in [0.1, 0.15) is 33.6 Å². The molecule has 1 aliphatic rings. The van der Waals surface area contributed by atoms with Crippen LogP contribution in [0, 0.1) is 16.7 Å². The van der Waals surface area contributed by atoms with E-state index in [1.165, 1.54) is 5.70 Å². The van der Waals surface area contributed by atoms with E-state index in [-0.39, 0.29) is 11.5 Å². The molecule has 0 aromatic heterocycles. The highest BCUT2D eigenvalue weighted by atomic mass is 14.9. The van der Waals surface area contributed by atoms with Crippen LogP contribution >= 0.6 is 0 Å². The van der Waals surface area contributed by atoms with Crippen LogP contribution in [0.2, 0.25) is 0 Å². The smallest absolute Gasteiger partial charge is 0.111 e. The molecule has 0 fully saturated rings. The van der Waals surface area contributed by atoms with Crippen LogP contribution in [0.3, 0.4) is 0 Å². The molecule has 0 spiro atoms. The number of nitriles is 1. The Bertz CT molecular complexity index is 296. The fourth-order valence-corrected chi connectivity index (χ4v) is 1.60. The molecule has 0 bridgehead atoms. The van der Waals surface area contributed by atoms with E-state index in [1.54, 1.807) is 0 Å². The van der Waals surface area contributed by atoms with Gasteiger partial charge in [-0.2, -0.15) is 5.26 Å². The summed E-state index contributed by atoms with van der Waals surface area (Å²) in [6.07, 6.45) is 8.52. The largest absolute Gasteiger partial charge is 0.373 e. The molecule has 0 radical (unpaired) electrons. The maximum atomic E-state index is 8.69. The quantitative estimate of drug-likeness (QED) is 0.742. The molecule has 0 heterocycles. The molecule has 0 aromatic rings. The summed E-state index contributed by atoms with van der Waals surface area (Å²) in [4.78, 5) is 0. The topological polar surface area (TPSA) is 35.8 Å². The summed E-state index contributed by atoms with van der Waals surface area (Å²) in [6, 6.07) is 2.08. The predicted octanol–water partition coefficient (Wildman–Crippen LogP) is 2.75. The van der Waals surface area contributed by atoms with Gasteiger partial charge in [-0.1, -0.05) is 26.0 Å². The normalized spacial score (nSPS) is 27.7. The molecule has 1 aliphatic carbocycles. The highest BCUT2D eigenvalue weighted by molar-refractivity contribution is 5.23. The van der Waals surface area contributed by atoms with Crippen LogP contribution in [0.15, 0.2) is 23.9 Å². The fraction of sp³-hybridized carbons (Fsp3) is 0.583. The van der Waals surface area contributed by atoms with Gasteiger partial charge in [0.2, 0.25) is 0 Å². The molecule has 76 valence electrons. The van der Waals surface area contributed by atoms with E-state index in [0.717, 1.165) is 12.8 Å². The maximum Gasteiger partial charge on any atom is 0.111 e. The maximum absolute atomic E-state index is 8.69. The van der Waals surface area contributed by atoms with Crippen LogP contribution in [0.25, 0.3) is 0 Å². The third kappa shape index (κ3) is 2.63. The average molecular weight is 190 g/mol. The van der Waals surface area contributed by atoms with Crippen molar-refractivity contribution in [2.75, 3.05) is 0 Å². The Morgan fingerprint density at radius 3 is 3.00 bits per heavy atom. The first-order valence-electron chi connectivity index (χ1n) is 5.14. The van der Waals surface area contributed by atoms with Gasteiger partial charge in [0.1, 0.15) is 6.04 Å². The first kappa shape index (κ1) is 10.8. The lowest BCUT2D eigenvalue weighted by Crippen LogP contribution is -2.28. The minimum absolute atomic E-state index is 0.103. The minimum atomic E-state index is -0.103. The Kier molecular flexibility index (Phi) is 3.35. The molecule has 0 aliphatic heterocycles. The van der Waals surface area contributed by atoms with E-state index in [0.29, 0.717) is 0 Å². The first-order chi connectivity index (χ1) is 6.59. The summed E-state index contributed by atoms with van der Waals surface area (Å²) in [5.41, 5.74) is 1.43. The molecule has 2 heteroatoms. The predicted molar refractivity (Wildman–Crippen MR) is 58.4 cm³/mol. The zero-order valence-corrected chi connectivity index (χ0v) is 9.17. The van der Waals surface area contributed by atoms with Crippen molar-refractivity contribution >= 4 is 0 Å². The summed E-state index contributed by atoms with van der Waals surface area (Å²) in [7, 11) is 0. The summed E-state index contributed by atoms with van der Waals surface area (Å²) in [5, 5.41) is 11.9. The second-order valence-corrected chi connectivity index (χ2v) is 4.23. The molecule has 2 atom stereocenters. The molecule has 0 saturated heterocycles. The van der Waals surface area contributed by atoms with E-state index in [9.17, 15) is 0 Å². The highest BCUT2D eigenvalue weighted by Crippen LogP contribution is 2.33. The molecule has 1 N–H and O–H groups in total. The lowest BCUT2D eigenvalue weighted by molar-refractivity contribution is 0.389. The third-order valence-electron chi connectivity index (χ3n) is 2.79. The van der Waals surface area contributed by atoms with Crippen molar-refractivity contribution in [1.82, 2.24) is 5.32 Å². The van der Waals surface area contributed by atoms with Gasteiger partial charge in [0.25, 0.3) is 0 Å². The summed E-state index contributed by atoms with van der Waals surface area (Å²) in [6.45, 7) is 6.32. The van der Waals surface area contributed by atoms with Gasteiger partial charge >= 0.3 is 0 Å². The number of nitrogens with one attached hydrogen (secondary N) is 1. The van der Waals surface area contributed by atoms with E-state index in [2.05, 4.69) is 43.5 Å². The summed E-state index contributed by atoms with van der Waals surface area (Å²) >= 11 is 0. The van der Waals surface area contributed by atoms with Crippen molar-refractivity contribution < 1.29 is 0 Å². The summed E-state index contributed by atoms with van der Waals surface area (Å²) < 4.78 is 0. The zero-order valence-electron chi connectivity index (χ0n) is 9.17. The Morgan fingerprint density at radius 2 is 2.43 bits per heavy atom. The van der Waals surface area contributed by atoms with Gasteiger partial charge in [-0.05, 0) is 31.3 Å². The van der Waals surface area contributed by atoms with Crippen LogP contribution < -0.4 is 5.32 Å². The van der Waals surface area contributed by atoms with Crippen molar-refractivity contribution in [3.8, 4) is 6.07 Å². The fourth-order valence-electron chi connectivity index (χ4n) is 1.60. The molecule has 2 nitrogen and oxygen atoms in total. The molecular weight excluding hydrogens is 172 g/mol. The molecule has 1 rings (SSSR count).